The van der Waals surface area contributed by atoms with Crippen molar-refractivity contribution in [2.24, 2.45) is 0 Å². The van der Waals surface area contributed by atoms with Crippen molar-refractivity contribution in [2.45, 2.75) is 57.6 Å². The first kappa shape index (κ1) is 18.6. The second-order valence-corrected chi connectivity index (χ2v) is 6.72. The van der Waals surface area contributed by atoms with Gasteiger partial charge in [-0.2, -0.15) is 4.98 Å². The first-order chi connectivity index (χ1) is 12.7. The van der Waals surface area contributed by atoms with Crippen molar-refractivity contribution in [1.82, 2.24) is 15.0 Å². The fraction of sp³-hybridized carbons (Fsp3) is 0.550. The highest BCUT2D eigenvalue weighted by Crippen LogP contribution is 2.24. The fourth-order valence-electron chi connectivity index (χ4n) is 3.60. The van der Waals surface area contributed by atoms with Crippen molar-refractivity contribution in [1.29, 1.82) is 0 Å². The molecule has 0 radical (unpaired) electrons. The monoisotopic (exact) mass is 357 g/mol. The minimum atomic E-state index is 0.0672. The lowest BCUT2D eigenvalue weighted by molar-refractivity contribution is -0.139. The normalized spacial score (nSPS) is 20.3. The molecular weight excluding hydrogens is 330 g/mol. The van der Waals surface area contributed by atoms with Crippen LogP contribution in [0.5, 0.6) is 0 Å². The summed E-state index contributed by atoms with van der Waals surface area (Å²) in [7, 11) is 1.74. The largest absolute Gasteiger partial charge is 0.379 e. The van der Waals surface area contributed by atoms with E-state index in [1.54, 1.807) is 7.11 Å². The van der Waals surface area contributed by atoms with Crippen LogP contribution in [0.1, 0.15) is 43.5 Å². The van der Waals surface area contributed by atoms with E-state index in [9.17, 15) is 4.79 Å². The summed E-state index contributed by atoms with van der Waals surface area (Å²) < 4.78 is 10.9. The van der Waals surface area contributed by atoms with Crippen LogP contribution in [0, 0.1) is 0 Å². The second kappa shape index (κ2) is 8.94. The molecule has 2 atom stereocenters. The van der Waals surface area contributed by atoms with E-state index in [1.165, 1.54) is 5.56 Å². The van der Waals surface area contributed by atoms with Crippen LogP contribution in [0.2, 0.25) is 0 Å². The van der Waals surface area contributed by atoms with Gasteiger partial charge in [0.15, 0.2) is 5.82 Å². The molecule has 0 aliphatic carbocycles. The average Bonchev–Trinajstić information content (AvgIpc) is 3.15. The summed E-state index contributed by atoms with van der Waals surface area (Å²) in [5.41, 5.74) is 1.23. The van der Waals surface area contributed by atoms with Crippen molar-refractivity contribution >= 4 is 5.91 Å². The minimum absolute atomic E-state index is 0.0672. The number of ether oxygens (including phenoxy) is 1. The molecule has 0 saturated carbocycles. The van der Waals surface area contributed by atoms with Crippen LogP contribution in [0.3, 0.4) is 0 Å². The van der Waals surface area contributed by atoms with E-state index >= 15 is 0 Å². The van der Waals surface area contributed by atoms with Gasteiger partial charge >= 0.3 is 0 Å². The van der Waals surface area contributed by atoms with Crippen molar-refractivity contribution < 1.29 is 14.1 Å². The molecule has 0 bridgehead atoms. The van der Waals surface area contributed by atoms with Crippen LogP contribution < -0.4 is 0 Å². The van der Waals surface area contributed by atoms with E-state index in [0.717, 1.165) is 32.2 Å². The summed E-state index contributed by atoms with van der Waals surface area (Å²) in [5.74, 6) is 1.35. The highest BCUT2D eigenvalue weighted by Gasteiger charge is 2.34. The second-order valence-electron chi connectivity index (χ2n) is 6.72. The Morgan fingerprint density at radius 2 is 2.15 bits per heavy atom. The molecule has 3 rings (SSSR count). The maximum Gasteiger partial charge on any atom is 0.227 e. The third kappa shape index (κ3) is 4.49. The molecule has 1 aromatic heterocycles. The molecule has 2 heterocycles. The summed E-state index contributed by atoms with van der Waals surface area (Å²) in [4.78, 5) is 19.2. The van der Waals surface area contributed by atoms with Gasteiger partial charge in [0.25, 0.3) is 0 Å². The van der Waals surface area contributed by atoms with E-state index < -0.39 is 0 Å². The third-order valence-corrected chi connectivity index (χ3v) is 5.01. The zero-order valence-corrected chi connectivity index (χ0v) is 15.6. The standard InChI is InChI=1S/C20H27N3O3/c1-3-18-21-19(26-22-18)11-12-20(24)23-13-7-10-17(25-2)16(23)14-15-8-5-4-6-9-15/h4-6,8-9,16-17H,3,7,10-14H2,1-2H3/t16-,17-/m0/s1. The molecule has 1 amide bonds. The third-order valence-electron chi connectivity index (χ3n) is 5.01. The molecule has 1 aromatic carbocycles. The molecule has 6 heteroatoms. The van der Waals surface area contributed by atoms with Gasteiger partial charge in [-0.1, -0.05) is 42.4 Å². The van der Waals surface area contributed by atoms with Gasteiger partial charge in [0.05, 0.1) is 12.1 Å². The number of aryl methyl sites for hydroxylation is 2. The molecule has 1 saturated heterocycles. The Morgan fingerprint density at radius 3 is 2.85 bits per heavy atom. The lowest BCUT2D eigenvalue weighted by atomic mass is 9.92. The van der Waals surface area contributed by atoms with Crippen LogP contribution in [0.4, 0.5) is 0 Å². The molecule has 1 aliphatic rings. The van der Waals surface area contributed by atoms with Crippen LogP contribution in [0.15, 0.2) is 34.9 Å². The molecular formula is C20H27N3O3. The van der Waals surface area contributed by atoms with Crippen LogP contribution >= 0.6 is 0 Å². The summed E-state index contributed by atoms with van der Waals surface area (Å²) in [6.45, 7) is 2.76. The number of piperidine rings is 1. The maximum absolute atomic E-state index is 12.9. The Morgan fingerprint density at radius 1 is 1.35 bits per heavy atom. The number of aromatic nitrogens is 2. The molecule has 1 aliphatic heterocycles. The predicted molar refractivity (Wildman–Crippen MR) is 97.7 cm³/mol. The number of methoxy groups -OCH3 is 1. The zero-order chi connectivity index (χ0) is 18.4. The topological polar surface area (TPSA) is 68.5 Å². The Balaban J connectivity index is 1.66. The van der Waals surface area contributed by atoms with E-state index in [-0.39, 0.29) is 18.1 Å². The van der Waals surface area contributed by atoms with Crippen molar-refractivity contribution in [3.63, 3.8) is 0 Å². The average molecular weight is 357 g/mol. The van der Waals surface area contributed by atoms with Gasteiger partial charge in [-0.25, -0.2) is 0 Å². The molecule has 0 unspecified atom stereocenters. The van der Waals surface area contributed by atoms with Crippen molar-refractivity contribution in [3.8, 4) is 0 Å². The van der Waals surface area contributed by atoms with Gasteiger partial charge in [-0.3, -0.25) is 4.79 Å². The van der Waals surface area contributed by atoms with Gasteiger partial charge < -0.3 is 14.2 Å². The predicted octanol–water partition coefficient (Wildman–Crippen LogP) is 2.81. The highest BCUT2D eigenvalue weighted by atomic mass is 16.5. The van der Waals surface area contributed by atoms with Gasteiger partial charge in [-0.15, -0.1) is 0 Å². The Labute approximate surface area is 154 Å². The number of hydrogen-bond acceptors (Lipinski definition) is 5. The van der Waals surface area contributed by atoms with E-state index in [0.29, 0.717) is 24.6 Å². The number of rotatable bonds is 7. The minimum Gasteiger partial charge on any atom is -0.379 e. The van der Waals surface area contributed by atoms with Gasteiger partial charge in [0, 0.05) is 32.9 Å². The van der Waals surface area contributed by atoms with E-state index in [2.05, 4.69) is 22.3 Å². The van der Waals surface area contributed by atoms with E-state index in [1.807, 2.05) is 30.0 Å². The van der Waals surface area contributed by atoms with Crippen LogP contribution in [0.25, 0.3) is 0 Å². The number of benzene rings is 1. The summed E-state index contributed by atoms with van der Waals surface area (Å²) in [6, 6.07) is 10.4. The van der Waals surface area contributed by atoms with E-state index in [4.69, 9.17) is 9.26 Å². The number of likely N-dealkylation sites (tertiary alicyclic amines) is 1. The number of hydrogen-bond donors (Lipinski definition) is 0. The first-order valence-corrected chi connectivity index (χ1v) is 9.39. The number of carbonyl (C=O) groups excluding carboxylic acids is 1. The molecule has 6 nitrogen and oxygen atoms in total. The molecule has 0 spiro atoms. The summed E-state index contributed by atoms with van der Waals surface area (Å²) in [6.07, 6.45) is 4.44. The SMILES string of the molecule is CCc1noc(CCC(=O)N2CCC[C@H](OC)[C@@H]2Cc2ccccc2)n1. The van der Waals surface area contributed by atoms with Gasteiger partial charge in [0.1, 0.15) is 0 Å². The quantitative estimate of drug-likeness (QED) is 0.762. The lowest BCUT2D eigenvalue weighted by Gasteiger charge is -2.41. The summed E-state index contributed by atoms with van der Waals surface area (Å²) >= 11 is 0. The Kier molecular flexibility index (Phi) is 6.39. The van der Waals surface area contributed by atoms with Crippen LogP contribution in [-0.4, -0.2) is 46.7 Å². The molecule has 1 fully saturated rings. The lowest BCUT2D eigenvalue weighted by Crippen LogP contribution is -2.52. The highest BCUT2D eigenvalue weighted by molar-refractivity contribution is 5.77. The molecule has 140 valence electrons. The Bertz CT molecular complexity index is 701. The smallest absolute Gasteiger partial charge is 0.227 e. The van der Waals surface area contributed by atoms with Crippen molar-refractivity contribution in [2.75, 3.05) is 13.7 Å². The number of nitrogens with zero attached hydrogens (tertiary/aromatic N) is 3. The first-order valence-electron chi connectivity index (χ1n) is 9.39. The summed E-state index contributed by atoms with van der Waals surface area (Å²) in [5, 5.41) is 3.89. The molecule has 0 N–H and O–H groups in total. The molecule has 2 aromatic rings. The fourth-order valence-corrected chi connectivity index (χ4v) is 3.60. The number of carbonyl (C=O) groups is 1. The van der Waals surface area contributed by atoms with Gasteiger partial charge in [-0.05, 0) is 24.8 Å². The zero-order valence-electron chi connectivity index (χ0n) is 15.6. The van der Waals surface area contributed by atoms with Gasteiger partial charge in [0.2, 0.25) is 11.8 Å². The van der Waals surface area contributed by atoms with Crippen LogP contribution in [-0.2, 0) is 28.8 Å². The number of amides is 1. The molecule has 26 heavy (non-hydrogen) atoms. The Hall–Kier alpha value is -2.21. The maximum atomic E-state index is 12.9. The van der Waals surface area contributed by atoms with Crippen molar-refractivity contribution in [3.05, 3.63) is 47.6 Å².